The molecule has 1 N–H and O–H groups in total. The molecule has 0 aliphatic rings. The van der Waals surface area contributed by atoms with Crippen LogP contribution < -0.4 is 10.2 Å². The molecule has 0 saturated heterocycles. The van der Waals surface area contributed by atoms with Gasteiger partial charge in [0.2, 0.25) is 0 Å². The zero-order valence-electron chi connectivity index (χ0n) is 20.9. The molecule has 0 aliphatic carbocycles. The summed E-state index contributed by atoms with van der Waals surface area (Å²) in [4.78, 5) is 39.5. The zero-order chi connectivity index (χ0) is 25.8. The van der Waals surface area contributed by atoms with Crippen molar-refractivity contribution in [2.45, 2.75) is 51.9 Å². The summed E-state index contributed by atoms with van der Waals surface area (Å²) in [5, 5.41) is 10.0. The monoisotopic (exact) mass is 513 g/mol. The smallest absolute Gasteiger partial charge is 0.307 e. The Morgan fingerprint density at radius 2 is 1.72 bits per heavy atom. The Hall–Kier alpha value is -2.97. The Morgan fingerprint density at radius 3 is 2.53 bits per heavy atom. The van der Waals surface area contributed by atoms with Gasteiger partial charge in [-0.15, -0.1) is 11.3 Å². The van der Waals surface area contributed by atoms with Crippen LogP contribution in [0.1, 0.15) is 51.9 Å². The van der Waals surface area contributed by atoms with Crippen molar-refractivity contribution in [3.63, 3.8) is 0 Å². The van der Waals surface area contributed by atoms with Crippen molar-refractivity contribution in [1.29, 1.82) is 0 Å². The molecule has 194 valence electrons. The van der Waals surface area contributed by atoms with Gasteiger partial charge >= 0.3 is 5.97 Å². The number of benzene rings is 2. The second-order valence-electron chi connectivity index (χ2n) is 8.72. The van der Waals surface area contributed by atoms with E-state index in [0.29, 0.717) is 29.7 Å². The lowest BCUT2D eigenvalue weighted by Gasteiger charge is -2.22. The van der Waals surface area contributed by atoms with Crippen LogP contribution in [0.25, 0.3) is 20.2 Å². The van der Waals surface area contributed by atoms with Crippen LogP contribution in [0.15, 0.2) is 47.3 Å². The molecule has 36 heavy (non-hydrogen) atoms. The van der Waals surface area contributed by atoms with Crippen molar-refractivity contribution in [3.05, 3.63) is 52.7 Å². The number of hydrogen-bond donors (Lipinski definition) is 1. The van der Waals surface area contributed by atoms with Crippen molar-refractivity contribution in [2.75, 3.05) is 32.9 Å². The van der Waals surface area contributed by atoms with Crippen LogP contribution in [0.2, 0.25) is 0 Å². The lowest BCUT2D eigenvalue weighted by molar-refractivity contribution is -0.145. The predicted molar refractivity (Wildman–Crippen MR) is 144 cm³/mol. The van der Waals surface area contributed by atoms with Crippen LogP contribution >= 0.6 is 11.3 Å². The topological polar surface area (TPSA) is 93.1 Å². The number of fused-ring (bicyclic) bond motifs is 2. The van der Waals surface area contributed by atoms with Gasteiger partial charge in [-0.2, -0.15) is 0 Å². The number of unbranched alkanes of at least 4 members (excludes halogenated alkanes) is 4. The first-order valence-corrected chi connectivity index (χ1v) is 13.5. The molecule has 0 bridgehead atoms. The molecule has 0 unspecified atom stereocenters. The van der Waals surface area contributed by atoms with E-state index in [-0.39, 0.29) is 43.5 Å². The molecule has 0 radical (unpaired) electrons. The maximum absolute atomic E-state index is 12.9. The third-order valence-corrected chi connectivity index (χ3v) is 7.10. The molecule has 3 rings (SSSR count). The molecule has 0 spiro atoms. The molecule has 0 aliphatic heterocycles. The number of carbonyl (C=O) groups excluding carboxylic acids is 2. The summed E-state index contributed by atoms with van der Waals surface area (Å²) in [6.45, 7) is 3.25. The number of aliphatic hydroxyl groups is 1. The quantitative estimate of drug-likeness (QED) is 0.176. The number of aliphatic hydroxyl groups excluding tert-OH is 1. The average Bonchev–Trinajstić information content (AvgIpc) is 2.89. The second-order valence-corrected chi connectivity index (χ2v) is 9.80. The SMILES string of the molecule is CCCCN(CCC(=O)OCCCCCCO)C(=O)COc1ccc2sc3ccccc3c(=O)c2c1. The predicted octanol–water partition coefficient (Wildman–Crippen LogP) is 4.91. The van der Waals surface area contributed by atoms with Gasteiger partial charge in [-0.05, 0) is 56.0 Å². The second kappa shape index (κ2) is 14.6. The minimum absolute atomic E-state index is 0.0485. The van der Waals surface area contributed by atoms with E-state index < -0.39 is 0 Å². The van der Waals surface area contributed by atoms with Crippen LogP contribution in [-0.4, -0.2) is 54.8 Å². The van der Waals surface area contributed by atoms with Gasteiger partial charge in [0, 0.05) is 39.9 Å². The first-order chi connectivity index (χ1) is 17.5. The van der Waals surface area contributed by atoms with E-state index in [2.05, 4.69) is 0 Å². The summed E-state index contributed by atoms with van der Waals surface area (Å²) in [6, 6.07) is 12.8. The highest BCUT2D eigenvalue weighted by atomic mass is 32.1. The highest BCUT2D eigenvalue weighted by Gasteiger charge is 2.16. The number of ether oxygens (including phenoxy) is 2. The minimum atomic E-state index is -0.321. The average molecular weight is 514 g/mol. The first kappa shape index (κ1) is 27.6. The standard InChI is InChI=1S/C28H35NO6S/c1-2-3-15-29(16-14-27(32)34-18-9-5-4-8-17-30)26(31)20-35-21-12-13-25-23(19-21)28(33)22-10-6-7-11-24(22)36-25/h6-7,10-13,19,30H,2-5,8-9,14-18,20H2,1H3. The molecule has 8 heteroatoms. The molecule has 2 aromatic carbocycles. The third-order valence-electron chi connectivity index (χ3n) is 5.95. The van der Waals surface area contributed by atoms with Gasteiger partial charge < -0.3 is 19.5 Å². The van der Waals surface area contributed by atoms with Gasteiger partial charge in [-0.3, -0.25) is 14.4 Å². The Balaban J connectivity index is 1.55. The molecule has 0 atom stereocenters. The van der Waals surface area contributed by atoms with Gasteiger partial charge in [-0.1, -0.05) is 31.9 Å². The molecule has 7 nitrogen and oxygen atoms in total. The van der Waals surface area contributed by atoms with Gasteiger partial charge in [0.25, 0.3) is 5.91 Å². The van der Waals surface area contributed by atoms with E-state index in [1.807, 2.05) is 37.3 Å². The molecular formula is C28H35NO6S. The summed E-state index contributed by atoms with van der Waals surface area (Å²) in [5.74, 6) is -0.0612. The molecule has 1 amide bonds. The number of rotatable bonds is 15. The van der Waals surface area contributed by atoms with Crippen molar-refractivity contribution >= 4 is 43.4 Å². The van der Waals surface area contributed by atoms with Gasteiger partial charge in [0.1, 0.15) is 5.75 Å². The van der Waals surface area contributed by atoms with Crippen molar-refractivity contribution in [1.82, 2.24) is 4.90 Å². The molecule has 0 fully saturated rings. The van der Waals surface area contributed by atoms with Crippen molar-refractivity contribution < 1.29 is 24.2 Å². The van der Waals surface area contributed by atoms with Crippen LogP contribution in [-0.2, 0) is 14.3 Å². The van der Waals surface area contributed by atoms with Crippen LogP contribution in [0.4, 0.5) is 0 Å². The molecule has 1 heterocycles. The first-order valence-electron chi connectivity index (χ1n) is 12.7. The summed E-state index contributed by atoms with van der Waals surface area (Å²) >= 11 is 1.55. The fraction of sp³-hybridized carbons (Fsp3) is 0.464. The fourth-order valence-corrected chi connectivity index (χ4v) is 4.92. The van der Waals surface area contributed by atoms with E-state index >= 15 is 0 Å². The number of nitrogens with zero attached hydrogens (tertiary/aromatic N) is 1. The van der Waals surface area contributed by atoms with E-state index in [0.717, 1.165) is 47.9 Å². The Kier molecular flexibility index (Phi) is 11.2. The van der Waals surface area contributed by atoms with E-state index in [1.165, 1.54) is 0 Å². The number of hydrogen-bond acceptors (Lipinski definition) is 7. The molecule has 3 aromatic rings. The third kappa shape index (κ3) is 8.03. The van der Waals surface area contributed by atoms with Crippen LogP contribution in [0.5, 0.6) is 5.75 Å². The molecular weight excluding hydrogens is 478 g/mol. The molecule has 1 aromatic heterocycles. The summed E-state index contributed by atoms with van der Waals surface area (Å²) in [7, 11) is 0. The lowest BCUT2D eigenvalue weighted by atomic mass is 10.2. The maximum atomic E-state index is 12.9. The fourth-order valence-electron chi connectivity index (χ4n) is 3.87. The van der Waals surface area contributed by atoms with Crippen LogP contribution in [0, 0.1) is 0 Å². The zero-order valence-corrected chi connectivity index (χ0v) is 21.7. The van der Waals surface area contributed by atoms with Crippen molar-refractivity contribution in [2.24, 2.45) is 0 Å². The normalized spacial score (nSPS) is 11.1. The number of amides is 1. The highest BCUT2D eigenvalue weighted by molar-refractivity contribution is 7.24. The van der Waals surface area contributed by atoms with Gasteiger partial charge in [-0.25, -0.2) is 0 Å². The minimum Gasteiger partial charge on any atom is -0.484 e. The number of esters is 1. The Morgan fingerprint density at radius 1 is 0.944 bits per heavy atom. The Labute approximate surface area is 215 Å². The number of carbonyl (C=O) groups is 2. The van der Waals surface area contributed by atoms with Crippen molar-refractivity contribution in [3.8, 4) is 5.75 Å². The van der Waals surface area contributed by atoms with Gasteiger partial charge in [0.05, 0.1) is 13.0 Å². The maximum Gasteiger partial charge on any atom is 0.307 e. The van der Waals surface area contributed by atoms with E-state index in [4.69, 9.17) is 14.6 Å². The summed E-state index contributed by atoms with van der Waals surface area (Å²) in [5.41, 5.74) is -0.0485. The van der Waals surface area contributed by atoms with Gasteiger partial charge in [0.15, 0.2) is 12.0 Å². The largest absolute Gasteiger partial charge is 0.484 e. The van der Waals surface area contributed by atoms with E-state index in [9.17, 15) is 14.4 Å². The lowest BCUT2D eigenvalue weighted by Crippen LogP contribution is -2.37. The van der Waals surface area contributed by atoms with Crippen LogP contribution in [0.3, 0.4) is 0 Å². The highest BCUT2D eigenvalue weighted by Crippen LogP contribution is 2.27. The Bertz CT molecular complexity index is 1210. The summed E-state index contributed by atoms with van der Waals surface area (Å²) in [6.07, 6.45) is 5.25. The molecule has 0 saturated carbocycles. The van der Waals surface area contributed by atoms with E-state index in [1.54, 1.807) is 28.4 Å². The summed E-state index contributed by atoms with van der Waals surface area (Å²) < 4.78 is 12.8.